The Kier molecular flexibility index (Phi) is 3.85. The lowest BCUT2D eigenvalue weighted by molar-refractivity contribution is 0.412. The predicted molar refractivity (Wildman–Crippen MR) is 84.6 cm³/mol. The van der Waals surface area contributed by atoms with Gasteiger partial charge in [0.05, 0.1) is 11.6 Å². The molecule has 6 heteroatoms. The van der Waals surface area contributed by atoms with Crippen molar-refractivity contribution in [3.63, 3.8) is 0 Å². The molecule has 0 saturated heterocycles. The molecule has 1 aromatic carbocycles. The topological polar surface area (TPSA) is 58.2 Å². The Morgan fingerprint density at radius 1 is 1.27 bits per heavy atom. The van der Waals surface area contributed by atoms with Crippen LogP contribution in [0.25, 0.3) is 0 Å². The largest absolute Gasteiger partial charge is 0.454 e. The summed E-state index contributed by atoms with van der Waals surface area (Å²) < 4.78 is 19.9. The smallest absolute Gasteiger partial charge is 0.167 e. The Bertz CT molecular complexity index is 690. The standard InChI is InChI=1S/C16H19FN4O/c1-9(2)15-14-13(6-7-19-16(14)21-20-15)22-12-5-4-10(18-3)8-11(12)17/h4-9,15,18,20H,1-3H3,(H,19,21). The van der Waals surface area contributed by atoms with E-state index in [0.717, 1.165) is 11.4 Å². The molecule has 0 amide bonds. The summed E-state index contributed by atoms with van der Waals surface area (Å²) in [6.07, 6.45) is 1.64. The summed E-state index contributed by atoms with van der Waals surface area (Å²) in [5, 5.41) is 2.90. The highest BCUT2D eigenvalue weighted by atomic mass is 19.1. The maximum atomic E-state index is 14.1. The number of ether oxygens (including phenoxy) is 1. The number of benzene rings is 1. The number of rotatable bonds is 4. The van der Waals surface area contributed by atoms with E-state index in [1.54, 1.807) is 31.4 Å². The Morgan fingerprint density at radius 3 is 2.77 bits per heavy atom. The molecule has 2 heterocycles. The second-order valence-electron chi connectivity index (χ2n) is 5.56. The second kappa shape index (κ2) is 5.81. The molecule has 3 N–H and O–H groups in total. The van der Waals surface area contributed by atoms with Crippen LogP contribution in [0.15, 0.2) is 30.5 Å². The fourth-order valence-electron chi connectivity index (χ4n) is 2.52. The van der Waals surface area contributed by atoms with Gasteiger partial charge in [0.2, 0.25) is 0 Å². The molecule has 1 atom stereocenters. The van der Waals surface area contributed by atoms with E-state index in [1.807, 2.05) is 0 Å². The van der Waals surface area contributed by atoms with E-state index >= 15 is 0 Å². The Labute approximate surface area is 128 Å². The number of hydrazine groups is 1. The average molecular weight is 302 g/mol. The van der Waals surface area contributed by atoms with Crippen molar-refractivity contribution < 1.29 is 9.13 Å². The lowest BCUT2D eigenvalue weighted by Crippen LogP contribution is -2.23. The molecule has 1 aromatic heterocycles. The van der Waals surface area contributed by atoms with Crippen molar-refractivity contribution in [3.8, 4) is 11.5 Å². The first kappa shape index (κ1) is 14.6. The third-order valence-electron chi connectivity index (χ3n) is 3.71. The highest BCUT2D eigenvalue weighted by molar-refractivity contribution is 5.58. The first-order valence-corrected chi connectivity index (χ1v) is 7.25. The van der Waals surface area contributed by atoms with E-state index in [2.05, 4.69) is 35.0 Å². The first-order valence-electron chi connectivity index (χ1n) is 7.25. The van der Waals surface area contributed by atoms with Gasteiger partial charge in [-0.05, 0) is 24.1 Å². The summed E-state index contributed by atoms with van der Waals surface area (Å²) in [4.78, 5) is 4.29. The van der Waals surface area contributed by atoms with Crippen LogP contribution < -0.4 is 20.9 Å². The first-order chi connectivity index (χ1) is 10.6. The van der Waals surface area contributed by atoms with Crippen molar-refractivity contribution in [2.45, 2.75) is 19.9 Å². The highest BCUT2D eigenvalue weighted by Crippen LogP contribution is 2.40. The molecule has 22 heavy (non-hydrogen) atoms. The third-order valence-corrected chi connectivity index (χ3v) is 3.71. The normalized spacial score (nSPS) is 16.3. The minimum atomic E-state index is -0.405. The van der Waals surface area contributed by atoms with Crippen LogP contribution in [0.2, 0.25) is 0 Å². The lowest BCUT2D eigenvalue weighted by atomic mass is 9.98. The molecule has 0 bridgehead atoms. The molecular weight excluding hydrogens is 283 g/mol. The van der Waals surface area contributed by atoms with Gasteiger partial charge in [0.15, 0.2) is 11.6 Å². The van der Waals surface area contributed by atoms with Crippen molar-refractivity contribution in [1.82, 2.24) is 10.4 Å². The van der Waals surface area contributed by atoms with E-state index in [1.165, 1.54) is 6.07 Å². The fraction of sp³-hybridized carbons (Fsp3) is 0.312. The third kappa shape index (κ3) is 2.57. The van der Waals surface area contributed by atoms with Crippen LogP contribution in [0.5, 0.6) is 11.5 Å². The number of hydrogen-bond acceptors (Lipinski definition) is 5. The van der Waals surface area contributed by atoms with E-state index in [0.29, 0.717) is 17.4 Å². The molecule has 0 saturated carbocycles. The van der Waals surface area contributed by atoms with Crippen LogP contribution >= 0.6 is 0 Å². The number of nitrogens with zero attached hydrogens (tertiary/aromatic N) is 1. The zero-order chi connectivity index (χ0) is 15.7. The summed E-state index contributed by atoms with van der Waals surface area (Å²) in [6, 6.07) is 6.63. The Morgan fingerprint density at radius 2 is 2.09 bits per heavy atom. The molecule has 1 aliphatic heterocycles. The van der Waals surface area contributed by atoms with E-state index < -0.39 is 5.82 Å². The molecule has 1 aliphatic rings. The summed E-state index contributed by atoms with van der Waals surface area (Å²) >= 11 is 0. The van der Waals surface area contributed by atoms with Gasteiger partial charge in [0, 0.05) is 25.0 Å². The summed E-state index contributed by atoms with van der Waals surface area (Å²) in [5.41, 5.74) is 7.86. The zero-order valence-electron chi connectivity index (χ0n) is 12.8. The molecule has 0 radical (unpaired) electrons. The molecule has 5 nitrogen and oxygen atoms in total. The van der Waals surface area contributed by atoms with Gasteiger partial charge in [0.1, 0.15) is 11.6 Å². The Hall–Kier alpha value is -2.34. The Balaban J connectivity index is 1.96. The van der Waals surface area contributed by atoms with Gasteiger partial charge in [0.25, 0.3) is 0 Å². The van der Waals surface area contributed by atoms with Gasteiger partial charge < -0.3 is 15.5 Å². The van der Waals surface area contributed by atoms with E-state index in [4.69, 9.17) is 4.74 Å². The van der Waals surface area contributed by atoms with E-state index in [9.17, 15) is 4.39 Å². The fourth-order valence-corrected chi connectivity index (χ4v) is 2.52. The van der Waals surface area contributed by atoms with Gasteiger partial charge in [-0.1, -0.05) is 13.8 Å². The number of pyridine rings is 1. The van der Waals surface area contributed by atoms with Crippen molar-refractivity contribution in [3.05, 3.63) is 41.8 Å². The average Bonchev–Trinajstić information content (AvgIpc) is 2.94. The van der Waals surface area contributed by atoms with Gasteiger partial charge in [-0.2, -0.15) is 0 Å². The quantitative estimate of drug-likeness (QED) is 0.804. The van der Waals surface area contributed by atoms with Gasteiger partial charge in [-0.15, -0.1) is 0 Å². The van der Waals surface area contributed by atoms with Crippen LogP contribution in [0.4, 0.5) is 15.9 Å². The number of anilines is 2. The minimum absolute atomic E-state index is 0.0679. The van der Waals surface area contributed by atoms with Crippen LogP contribution in [-0.2, 0) is 0 Å². The molecule has 0 aliphatic carbocycles. The predicted octanol–water partition coefficient (Wildman–Crippen LogP) is 3.68. The van der Waals surface area contributed by atoms with Crippen LogP contribution in [0, 0.1) is 11.7 Å². The molecule has 0 spiro atoms. The summed E-state index contributed by atoms with van der Waals surface area (Å²) in [6.45, 7) is 4.21. The number of nitrogens with one attached hydrogen (secondary N) is 3. The molecule has 0 fully saturated rings. The monoisotopic (exact) mass is 302 g/mol. The van der Waals surface area contributed by atoms with Crippen molar-refractivity contribution in [1.29, 1.82) is 0 Å². The lowest BCUT2D eigenvalue weighted by Gasteiger charge is -2.18. The maximum Gasteiger partial charge on any atom is 0.167 e. The second-order valence-corrected chi connectivity index (χ2v) is 5.56. The van der Waals surface area contributed by atoms with Crippen LogP contribution in [0.3, 0.4) is 0 Å². The summed E-state index contributed by atoms with van der Waals surface area (Å²) in [7, 11) is 1.75. The van der Waals surface area contributed by atoms with Crippen molar-refractivity contribution in [2.75, 3.05) is 17.8 Å². The summed E-state index contributed by atoms with van der Waals surface area (Å²) in [5.74, 6) is 1.47. The van der Waals surface area contributed by atoms with E-state index in [-0.39, 0.29) is 11.8 Å². The maximum absolute atomic E-state index is 14.1. The van der Waals surface area contributed by atoms with Crippen LogP contribution in [0.1, 0.15) is 25.5 Å². The zero-order valence-corrected chi connectivity index (χ0v) is 12.8. The van der Waals surface area contributed by atoms with Crippen LogP contribution in [-0.4, -0.2) is 12.0 Å². The van der Waals surface area contributed by atoms with Gasteiger partial charge in [-0.25, -0.2) is 14.8 Å². The van der Waals surface area contributed by atoms with Gasteiger partial charge >= 0.3 is 0 Å². The number of hydrogen-bond donors (Lipinski definition) is 3. The van der Waals surface area contributed by atoms with Crippen molar-refractivity contribution in [2.24, 2.45) is 5.92 Å². The number of fused-ring (bicyclic) bond motifs is 1. The molecular formula is C16H19FN4O. The number of halogens is 1. The molecule has 2 aromatic rings. The molecule has 1 unspecified atom stereocenters. The highest BCUT2D eigenvalue weighted by Gasteiger charge is 2.29. The number of aromatic nitrogens is 1. The molecule has 3 rings (SSSR count). The molecule has 116 valence electrons. The van der Waals surface area contributed by atoms with Crippen molar-refractivity contribution >= 4 is 11.5 Å². The van der Waals surface area contributed by atoms with Gasteiger partial charge in [-0.3, -0.25) is 0 Å². The minimum Gasteiger partial charge on any atom is -0.454 e. The SMILES string of the molecule is CNc1ccc(Oc2ccnc3c2C(C(C)C)NN3)c(F)c1.